The SMILES string of the molecule is COc1ccc2cc([C@H](C)C(=O)N[C@@H]3C=C[C@H](CO)C3)ccc2c1. The molecule has 0 spiro atoms. The van der Waals surface area contributed by atoms with E-state index in [0.717, 1.165) is 28.5 Å². The molecule has 4 nitrogen and oxygen atoms in total. The molecule has 4 heteroatoms. The van der Waals surface area contributed by atoms with E-state index < -0.39 is 0 Å². The zero-order chi connectivity index (χ0) is 17.1. The first-order valence-corrected chi connectivity index (χ1v) is 8.28. The van der Waals surface area contributed by atoms with E-state index >= 15 is 0 Å². The molecule has 24 heavy (non-hydrogen) atoms. The molecular weight excluding hydrogens is 302 g/mol. The standard InChI is InChI=1S/C20H23NO3/c1-13(20(23)21-18-7-3-14(9-18)12-22)15-4-5-17-11-19(24-2)8-6-16(17)10-15/h3-8,10-11,13-14,18,22H,9,12H2,1-2H3,(H,21,23)/t13-,14-,18+/m0/s1. The van der Waals surface area contributed by atoms with Gasteiger partial charge in [0.05, 0.1) is 13.0 Å². The molecule has 0 aromatic heterocycles. The van der Waals surface area contributed by atoms with Gasteiger partial charge in [0.25, 0.3) is 0 Å². The molecule has 0 bridgehead atoms. The zero-order valence-corrected chi connectivity index (χ0v) is 14.0. The highest BCUT2D eigenvalue weighted by atomic mass is 16.5. The Hall–Kier alpha value is -2.33. The van der Waals surface area contributed by atoms with Gasteiger partial charge in [-0.2, -0.15) is 0 Å². The first kappa shape index (κ1) is 16.5. The van der Waals surface area contributed by atoms with Gasteiger partial charge in [0, 0.05) is 18.6 Å². The number of benzene rings is 2. The lowest BCUT2D eigenvalue weighted by Crippen LogP contribution is -2.35. The van der Waals surface area contributed by atoms with E-state index in [4.69, 9.17) is 4.74 Å². The molecule has 126 valence electrons. The molecule has 0 radical (unpaired) electrons. The second-order valence-corrected chi connectivity index (χ2v) is 6.37. The first-order chi connectivity index (χ1) is 11.6. The fraction of sp³-hybridized carbons (Fsp3) is 0.350. The predicted molar refractivity (Wildman–Crippen MR) is 95.2 cm³/mol. The van der Waals surface area contributed by atoms with Crippen LogP contribution in [0.25, 0.3) is 10.8 Å². The number of aliphatic hydroxyl groups is 1. The van der Waals surface area contributed by atoms with Gasteiger partial charge in [0.2, 0.25) is 5.91 Å². The number of methoxy groups -OCH3 is 1. The molecule has 0 fully saturated rings. The van der Waals surface area contributed by atoms with Crippen molar-refractivity contribution < 1.29 is 14.6 Å². The summed E-state index contributed by atoms with van der Waals surface area (Å²) < 4.78 is 5.24. The minimum absolute atomic E-state index is 0.0103. The van der Waals surface area contributed by atoms with E-state index in [1.54, 1.807) is 7.11 Å². The lowest BCUT2D eigenvalue weighted by Gasteiger charge is -2.17. The molecule has 0 saturated carbocycles. The van der Waals surface area contributed by atoms with Crippen molar-refractivity contribution in [3.63, 3.8) is 0 Å². The molecule has 0 heterocycles. The maximum absolute atomic E-state index is 12.5. The van der Waals surface area contributed by atoms with Gasteiger partial charge in [-0.1, -0.05) is 36.4 Å². The molecule has 0 saturated heterocycles. The quantitative estimate of drug-likeness (QED) is 0.831. The maximum atomic E-state index is 12.5. The van der Waals surface area contributed by atoms with Crippen molar-refractivity contribution in [2.75, 3.05) is 13.7 Å². The van der Waals surface area contributed by atoms with Crippen LogP contribution in [-0.4, -0.2) is 30.8 Å². The van der Waals surface area contributed by atoms with Crippen LogP contribution in [0.1, 0.15) is 24.8 Å². The van der Waals surface area contributed by atoms with Crippen molar-refractivity contribution in [2.24, 2.45) is 5.92 Å². The Morgan fingerprint density at radius 2 is 2.00 bits per heavy atom. The fourth-order valence-corrected chi connectivity index (χ4v) is 3.11. The monoisotopic (exact) mass is 325 g/mol. The first-order valence-electron chi connectivity index (χ1n) is 8.28. The van der Waals surface area contributed by atoms with Crippen LogP contribution in [0.3, 0.4) is 0 Å². The van der Waals surface area contributed by atoms with Gasteiger partial charge >= 0.3 is 0 Å². The van der Waals surface area contributed by atoms with E-state index in [2.05, 4.69) is 11.4 Å². The van der Waals surface area contributed by atoms with Crippen molar-refractivity contribution in [3.05, 3.63) is 54.1 Å². The average Bonchev–Trinajstić information content (AvgIpc) is 3.07. The number of carbonyl (C=O) groups is 1. The largest absolute Gasteiger partial charge is 0.497 e. The Labute approximate surface area is 142 Å². The van der Waals surface area contributed by atoms with E-state index in [-0.39, 0.29) is 30.4 Å². The Kier molecular flexibility index (Phi) is 4.86. The third kappa shape index (κ3) is 3.44. The number of amides is 1. The molecule has 1 amide bonds. The van der Waals surface area contributed by atoms with Crippen LogP contribution in [0.5, 0.6) is 5.75 Å². The molecule has 0 aliphatic heterocycles. The molecule has 2 aromatic rings. The maximum Gasteiger partial charge on any atom is 0.227 e. The Balaban J connectivity index is 1.72. The number of hydrogen-bond acceptors (Lipinski definition) is 3. The molecule has 3 rings (SSSR count). The van der Waals surface area contributed by atoms with Gasteiger partial charge in [0.1, 0.15) is 5.75 Å². The molecule has 2 N–H and O–H groups in total. The second-order valence-electron chi connectivity index (χ2n) is 6.37. The van der Waals surface area contributed by atoms with Crippen molar-refractivity contribution in [1.29, 1.82) is 0 Å². The molecule has 1 aliphatic carbocycles. The van der Waals surface area contributed by atoms with Crippen LogP contribution in [0.15, 0.2) is 48.6 Å². The lowest BCUT2D eigenvalue weighted by molar-refractivity contribution is -0.122. The van der Waals surface area contributed by atoms with Crippen LogP contribution in [0.2, 0.25) is 0 Å². The third-order valence-electron chi connectivity index (χ3n) is 4.70. The van der Waals surface area contributed by atoms with Crippen LogP contribution in [-0.2, 0) is 4.79 Å². The zero-order valence-electron chi connectivity index (χ0n) is 14.0. The number of aliphatic hydroxyl groups excluding tert-OH is 1. The van der Waals surface area contributed by atoms with Crippen LogP contribution < -0.4 is 10.1 Å². The normalized spacial score (nSPS) is 21.0. The van der Waals surface area contributed by atoms with Crippen molar-refractivity contribution in [1.82, 2.24) is 5.32 Å². The van der Waals surface area contributed by atoms with Crippen LogP contribution >= 0.6 is 0 Å². The smallest absolute Gasteiger partial charge is 0.227 e. The summed E-state index contributed by atoms with van der Waals surface area (Å²) in [5.74, 6) is 0.767. The number of ether oxygens (including phenoxy) is 1. The van der Waals surface area contributed by atoms with Gasteiger partial charge in [-0.3, -0.25) is 4.79 Å². The van der Waals surface area contributed by atoms with Gasteiger partial charge in [-0.05, 0) is 41.8 Å². The summed E-state index contributed by atoms with van der Waals surface area (Å²) in [5.41, 5.74) is 0.992. The predicted octanol–water partition coefficient (Wildman–Crippen LogP) is 3.01. The molecule has 0 unspecified atom stereocenters. The second kappa shape index (κ2) is 7.05. The minimum atomic E-state index is -0.224. The third-order valence-corrected chi connectivity index (χ3v) is 4.70. The number of carbonyl (C=O) groups excluding carboxylic acids is 1. The number of hydrogen-bond donors (Lipinski definition) is 2. The highest BCUT2D eigenvalue weighted by Gasteiger charge is 2.23. The van der Waals surface area contributed by atoms with E-state index in [1.807, 2.05) is 49.4 Å². The summed E-state index contributed by atoms with van der Waals surface area (Å²) in [6.45, 7) is 2.05. The van der Waals surface area contributed by atoms with Gasteiger partial charge in [-0.25, -0.2) is 0 Å². The number of fused-ring (bicyclic) bond motifs is 1. The summed E-state index contributed by atoms with van der Waals surface area (Å²) in [6.07, 6.45) is 4.71. The number of nitrogens with one attached hydrogen (secondary N) is 1. The summed E-state index contributed by atoms with van der Waals surface area (Å²) in [5, 5.41) is 14.4. The molecule has 1 aliphatic rings. The summed E-state index contributed by atoms with van der Waals surface area (Å²) >= 11 is 0. The molecule has 2 aromatic carbocycles. The van der Waals surface area contributed by atoms with Crippen LogP contribution in [0, 0.1) is 5.92 Å². The van der Waals surface area contributed by atoms with Crippen molar-refractivity contribution >= 4 is 16.7 Å². The van der Waals surface area contributed by atoms with Crippen molar-refractivity contribution in [2.45, 2.75) is 25.3 Å². The van der Waals surface area contributed by atoms with E-state index in [9.17, 15) is 9.90 Å². The van der Waals surface area contributed by atoms with Crippen molar-refractivity contribution in [3.8, 4) is 5.75 Å². The van der Waals surface area contributed by atoms with E-state index in [1.165, 1.54) is 0 Å². The fourth-order valence-electron chi connectivity index (χ4n) is 3.11. The van der Waals surface area contributed by atoms with E-state index in [0.29, 0.717) is 0 Å². The summed E-state index contributed by atoms with van der Waals surface area (Å²) in [7, 11) is 1.65. The van der Waals surface area contributed by atoms with Gasteiger partial charge < -0.3 is 15.2 Å². The highest BCUT2D eigenvalue weighted by Crippen LogP contribution is 2.26. The molecule has 3 atom stereocenters. The van der Waals surface area contributed by atoms with Gasteiger partial charge in [0.15, 0.2) is 0 Å². The van der Waals surface area contributed by atoms with Crippen LogP contribution in [0.4, 0.5) is 0 Å². The Morgan fingerprint density at radius 3 is 2.71 bits per heavy atom. The van der Waals surface area contributed by atoms with Gasteiger partial charge in [-0.15, -0.1) is 0 Å². The summed E-state index contributed by atoms with van der Waals surface area (Å²) in [4.78, 5) is 12.5. The molecular formula is C20H23NO3. The summed E-state index contributed by atoms with van der Waals surface area (Å²) in [6, 6.07) is 12.0. The topological polar surface area (TPSA) is 58.6 Å². The lowest BCUT2D eigenvalue weighted by atomic mass is 9.96. The Bertz CT molecular complexity index is 769. The highest BCUT2D eigenvalue weighted by molar-refractivity contribution is 5.88. The minimum Gasteiger partial charge on any atom is -0.497 e. The Morgan fingerprint density at radius 1 is 1.25 bits per heavy atom. The average molecular weight is 325 g/mol. The number of rotatable bonds is 5.